The summed E-state index contributed by atoms with van der Waals surface area (Å²) in [6.45, 7) is 2.00. The second-order valence-electron chi connectivity index (χ2n) is 3.86. The molecule has 1 aromatic rings. The van der Waals surface area contributed by atoms with E-state index < -0.39 is 0 Å². The van der Waals surface area contributed by atoms with Crippen molar-refractivity contribution in [2.45, 2.75) is 25.8 Å². The molecule has 2 N–H and O–H groups in total. The van der Waals surface area contributed by atoms with Crippen LogP contribution in [0.5, 0.6) is 0 Å². The Balaban J connectivity index is 2.01. The minimum absolute atomic E-state index is 0.121. The molecule has 0 radical (unpaired) electrons. The summed E-state index contributed by atoms with van der Waals surface area (Å²) in [4.78, 5) is 11.5. The maximum absolute atomic E-state index is 11.5. The summed E-state index contributed by atoms with van der Waals surface area (Å²) in [5, 5.41) is 5.70. The molecular formula is C11H13BrN2O. The van der Waals surface area contributed by atoms with Gasteiger partial charge in [0.1, 0.15) is 0 Å². The van der Waals surface area contributed by atoms with Crippen LogP contribution in [0.15, 0.2) is 22.7 Å². The molecule has 1 aliphatic carbocycles. The van der Waals surface area contributed by atoms with Gasteiger partial charge in [-0.05, 0) is 53.4 Å². The zero-order valence-electron chi connectivity index (χ0n) is 8.51. The maximum Gasteiger partial charge on any atom is 0.319 e. The quantitative estimate of drug-likeness (QED) is 0.851. The summed E-state index contributed by atoms with van der Waals surface area (Å²) in [7, 11) is 0. The van der Waals surface area contributed by atoms with Gasteiger partial charge in [-0.25, -0.2) is 4.79 Å². The van der Waals surface area contributed by atoms with Gasteiger partial charge in [-0.15, -0.1) is 0 Å². The lowest BCUT2D eigenvalue weighted by molar-refractivity contribution is 0.251. The predicted molar refractivity (Wildman–Crippen MR) is 64.1 cm³/mol. The molecule has 1 aliphatic rings. The van der Waals surface area contributed by atoms with Gasteiger partial charge < -0.3 is 10.6 Å². The van der Waals surface area contributed by atoms with Crippen molar-refractivity contribution in [2.75, 3.05) is 5.32 Å². The molecule has 0 bridgehead atoms. The molecule has 0 spiro atoms. The molecule has 4 heteroatoms. The van der Waals surface area contributed by atoms with Gasteiger partial charge in [-0.1, -0.05) is 6.07 Å². The highest BCUT2D eigenvalue weighted by Crippen LogP contribution is 2.24. The molecule has 15 heavy (non-hydrogen) atoms. The van der Waals surface area contributed by atoms with E-state index in [0.29, 0.717) is 6.04 Å². The van der Waals surface area contributed by atoms with Gasteiger partial charge >= 0.3 is 6.03 Å². The number of aryl methyl sites for hydroxylation is 1. The second-order valence-corrected chi connectivity index (χ2v) is 4.71. The van der Waals surface area contributed by atoms with Gasteiger partial charge in [0.15, 0.2) is 0 Å². The van der Waals surface area contributed by atoms with Crippen LogP contribution >= 0.6 is 15.9 Å². The molecule has 3 nitrogen and oxygen atoms in total. The van der Waals surface area contributed by atoms with Crippen molar-refractivity contribution in [1.82, 2.24) is 5.32 Å². The summed E-state index contributed by atoms with van der Waals surface area (Å²) in [5.41, 5.74) is 1.94. The molecule has 0 aliphatic heterocycles. The van der Waals surface area contributed by atoms with Gasteiger partial charge in [0.2, 0.25) is 0 Å². The fourth-order valence-corrected chi connectivity index (χ4v) is 1.65. The number of rotatable bonds is 2. The van der Waals surface area contributed by atoms with Gasteiger partial charge in [0, 0.05) is 10.5 Å². The zero-order chi connectivity index (χ0) is 10.8. The van der Waals surface area contributed by atoms with Crippen LogP contribution in [0.1, 0.15) is 18.4 Å². The molecule has 2 amide bonds. The Morgan fingerprint density at radius 1 is 1.47 bits per heavy atom. The minimum Gasteiger partial charge on any atom is -0.335 e. The van der Waals surface area contributed by atoms with Crippen LogP contribution in [0.25, 0.3) is 0 Å². The molecule has 1 aromatic carbocycles. The number of hydrogen-bond donors (Lipinski definition) is 2. The molecule has 1 fully saturated rings. The van der Waals surface area contributed by atoms with Gasteiger partial charge in [0.05, 0.1) is 5.69 Å². The van der Waals surface area contributed by atoms with E-state index in [1.165, 1.54) is 0 Å². The van der Waals surface area contributed by atoms with Crippen LogP contribution in [0.4, 0.5) is 10.5 Å². The number of amides is 2. The lowest BCUT2D eigenvalue weighted by Gasteiger charge is -2.09. The number of carbonyl (C=O) groups excluding carboxylic acids is 1. The van der Waals surface area contributed by atoms with Crippen molar-refractivity contribution in [3.05, 3.63) is 28.2 Å². The summed E-state index contributed by atoms with van der Waals surface area (Å²) < 4.78 is 0.902. The first-order valence-corrected chi connectivity index (χ1v) is 5.78. The fourth-order valence-electron chi connectivity index (χ4n) is 1.31. The molecule has 0 atom stereocenters. The SMILES string of the molecule is Cc1ccc(Br)c(NC(=O)NC2CC2)c1. The molecule has 0 unspecified atom stereocenters. The second kappa shape index (κ2) is 4.23. The monoisotopic (exact) mass is 268 g/mol. The van der Waals surface area contributed by atoms with E-state index in [-0.39, 0.29) is 6.03 Å². The van der Waals surface area contributed by atoms with E-state index in [1.807, 2.05) is 25.1 Å². The topological polar surface area (TPSA) is 41.1 Å². The van der Waals surface area contributed by atoms with Crippen molar-refractivity contribution in [1.29, 1.82) is 0 Å². The third kappa shape index (κ3) is 2.96. The van der Waals surface area contributed by atoms with Crippen molar-refractivity contribution in [2.24, 2.45) is 0 Å². The first kappa shape index (κ1) is 10.5. The summed E-state index contributed by atoms with van der Waals surface area (Å²) in [6, 6.07) is 6.13. The lowest BCUT2D eigenvalue weighted by Crippen LogP contribution is -2.30. The van der Waals surface area contributed by atoms with Crippen LogP contribution in [-0.4, -0.2) is 12.1 Å². The first-order chi connectivity index (χ1) is 7.15. The lowest BCUT2D eigenvalue weighted by atomic mass is 10.2. The zero-order valence-corrected chi connectivity index (χ0v) is 10.1. The van der Waals surface area contributed by atoms with Crippen molar-refractivity contribution >= 4 is 27.6 Å². The van der Waals surface area contributed by atoms with Crippen molar-refractivity contribution in [3.63, 3.8) is 0 Å². The highest BCUT2D eigenvalue weighted by atomic mass is 79.9. The van der Waals surface area contributed by atoms with E-state index in [2.05, 4.69) is 26.6 Å². The fraction of sp³-hybridized carbons (Fsp3) is 0.364. The number of hydrogen-bond acceptors (Lipinski definition) is 1. The number of carbonyl (C=O) groups is 1. The summed E-state index contributed by atoms with van der Waals surface area (Å²) in [5.74, 6) is 0. The summed E-state index contributed by atoms with van der Waals surface area (Å²) in [6.07, 6.45) is 2.20. The van der Waals surface area contributed by atoms with Crippen LogP contribution in [0.3, 0.4) is 0 Å². The van der Waals surface area contributed by atoms with Gasteiger partial charge in [-0.2, -0.15) is 0 Å². The number of benzene rings is 1. The number of halogens is 1. The predicted octanol–water partition coefficient (Wildman–Crippen LogP) is 3.04. The van der Waals surface area contributed by atoms with E-state index >= 15 is 0 Å². The number of anilines is 1. The normalized spacial score (nSPS) is 14.8. The Morgan fingerprint density at radius 2 is 2.20 bits per heavy atom. The number of nitrogens with one attached hydrogen (secondary N) is 2. The summed E-state index contributed by atoms with van der Waals surface area (Å²) >= 11 is 3.40. The van der Waals surface area contributed by atoms with Gasteiger partial charge in [0.25, 0.3) is 0 Å². The van der Waals surface area contributed by atoms with E-state index in [0.717, 1.165) is 28.6 Å². The first-order valence-electron chi connectivity index (χ1n) is 4.99. The van der Waals surface area contributed by atoms with E-state index in [1.54, 1.807) is 0 Å². The highest BCUT2D eigenvalue weighted by Gasteiger charge is 2.23. The maximum atomic E-state index is 11.5. The van der Waals surface area contributed by atoms with Gasteiger partial charge in [-0.3, -0.25) is 0 Å². The Morgan fingerprint density at radius 3 is 2.87 bits per heavy atom. The van der Waals surface area contributed by atoms with E-state index in [9.17, 15) is 4.79 Å². The highest BCUT2D eigenvalue weighted by molar-refractivity contribution is 9.10. The van der Waals surface area contributed by atoms with Crippen LogP contribution in [-0.2, 0) is 0 Å². The number of urea groups is 1. The Bertz CT molecular complexity index is 388. The Labute approximate surface area is 97.4 Å². The molecule has 80 valence electrons. The molecule has 1 saturated carbocycles. The molecule has 0 aromatic heterocycles. The smallest absolute Gasteiger partial charge is 0.319 e. The van der Waals surface area contributed by atoms with Crippen molar-refractivity contribution < 1.29 is 4.79 Å². The minimum atomic E-state index is -0.121. The molecular weight excluding hydrogens is 256 g/mol. The largest absolute Gasteiger partial charge is 0.335 e. The average molecular weight is 269 g/mol. The van der Waals surface area contributed by atoms with E-state index in [4.69, 9.17) is 0 Å². The molecule has 0 heterocycles. The van der Waals surface area contributed by atoms with Crippen LogP contribution < -0.4 is 10.6 Å². The average Bonchev–Trinajstić information content (AvgIpc) is 2.95. The standard InChI is InChI=1S/C11H13BrN2O/c1-7-2-5-9(12)10(6-7)14-11(15)13-8-3-4-8/h2,5-6,8H,3-4H2,1H3,(H2,13,14,15). The third-order valence-electron chi connectivity index (χ3n) is 2.28. The van der Waals surface area contributed by atoms with Crippen molar-refractivity contribution in [3.8, 4) is 0 Å². The van der Waals surface area contributed by atoms with Crippen LogP contribution in [0, 0.1) is 6.92 Å². The Hall–Kier alpha value is -1.03. The van der Waals surface area contributed by atoms with Crippen LogP contribution in [0.2, 0.25) is 0 Å². The third-order valence-corrected chi connectivity index (χ3v) is 2.97. The molecule has 2 rings (SSSR count). The Kier molecular flexibility index (Phi) is 2.95. The molecule has 0 saturated heterocycles.